The van der Waals surface area contributed by atoms with E-state index in [1.807, 2.05) is 13.8 Å². The number of benzene rings is 1. The van der Waals surface area contributed by atoms with Crippen molar-refractivity contribution >= 4 is 29.1 Å². The Kier molecular flexibility index (Phi) is 4.80. The van der Waals surface area contributed by atoms with Crippen LogP contribution in [-0.2, 0) is 14.3 Å². The van der Waals surface area contributed by atoms with Gasteiger partial charge in [-0.3, -0.25) is 9.59 Å². The highest BCUT2D eigenvalue weighted by atomic mass is 35.5. The van der Waals surface area contributed by atoms with E-state index in [1.165, 1.54) is 11.0 Å². The molecule has 2 amide bonds. The van der Waals surface area contributed by atoms with E-state index in [9.17, 15) is 14.0 Å². The number of rotatable bonds is 1. The van der Waals surface area contributed by atoms with Gasteiger partial charge in [0, 0.05) is 17.3 Å². The molecule has 1 aromatic rings. The topological polar surface area (TPSA) is 58.6 Å². The van der Waals surface area contributed by atoms with E-state index < -0.39 is 17.6 Å². The van der Waals surface area contributed by atoms with Crippen LogP contribution in [0.15, 0.2) is 18.2 Å². The number of hydrogen-bond acceptors (Lipinski definition) is 3. The molecule has 1 aromatic carbocycles. The summed E-state index contributed by atoms with van der Waals surface area (Å²) in [6.07, 6.45) is -0.140. The molecular formula is C14H16ClFN2O3. The molecule has 5 nitrogen and oxygen atoms in total. The zero-order chi connectivity index (χ0) is 15.6. The maximum atomic E-state index is 13.2. The fourth-order valence-corrected chi connectivity index (χ4v) is 2.38. The van der Waals surface area contributed by atoms with Gasteiger partial charge in [0.25, 0.3) is 0 Å². The maximum Gasteiger partial charge on any atom is 0.313 e. The Morgan fingerprint density at radius 2 is 2.10 bits per heavy atom. The van der Waals surface area contributed by atoms with Gasteiger partial charge in [-0.2, -0.15) is 0 Å². The fourth-order valence-electron chi connectivity index (χ4n) is 2.16. The van der Waals surface area contributed by atoms with Gasteiger partial charge in [0.05, 0.1) is 18.8 Å². The first kappa shape index (κ1) is 15.7. The lowest BCUT2D eigenvalue weighted by molar-refractivity contribution is -0.152. The summed E-state index contributed by atoms with van der Waals surface area (Å²) in [5.41, 5.74) is 0.146. The monoisotopic (exact) mass is 314 g/mol. The van der Waals surface area contributed by atoms with Gasteiger partial charge in [-0.25, -0.2) is 4.39 Å². The molecule has 21 heavy (non-hydrogen) atoms. The molecule has 1 aliphatic rings. The van der Waals surface area contributed by atoms with Crippen molar-refractivity contribution in [1.82, 2.24) is 4.90 Å². The molecule has 0 spiro atoms. The number of ether oxygens (including phenoxy) is 1. The molecular weight excluding hydrogens is 299 g/mol. The molecule has 0 bridgehead atoms. The summed E-state index contributed by atoms with van der Waals surface area (Å²) in [6, 6.07) is 3.39. The zero-order valence-electron chi connectivity index (χ0n) is 11.7. The summed E-state index contributed by atoms with van der Waals surface area (Å²) in [4.78, 5) is 25.6. The molecule has 1 aliphatic heterocycles. The standard InChI is InChI=1S/C14H16ClFN2O3/c1-8-9(2)21-4-3-18(8)14(20)13(19)17-12-6-10(15)5-11(16)7-12/h5-9H,3-4H2,1-2H3,(H,17,19)/t8-,9-/m0/s1. The molecule has 1 heterocycles. The van der Waals surface area contributed by atoms with Crippen molar-refractivity contribution in [2.24, 2.45) is 0 Å². The number of anilines is 1. The van der Waals surface area contributed by atoms with E-state index in [-0.39, 0.29) is 22.9 Å². The minimum atomic E-state index is -0.822. The largest absolute Gasteiger partial charge is 0.375 e. The Balaban J connectivity index is 2.07. The number of carbonyl (C=O) groups is 2. The Labute approximate surface area is 127 Å². The zero-order valence-corrected chi connectivity index (χ0v) is 12.5. The van der Waals surface area contributed by atoms with Crippen LogP contribution in [0.3, 0.4) is 0 Å². The summed E-state index contributed by atoms with van der Waals surface area (Å²) in [5, 5.41) is 2.51. The lowest BCUT2D eigenvalue weighted by Gasteiger charge is -2.37. The first-order valence-electron chi connectivity index (χ1n) is 6.58. The number of hydrogen-bond donors (Lipinski definition) is 1. The van der Waals surface area contributed by atoms with Crippen LogP contribution >= 0.6 is 11.6 Å². The second-order valence-corrected chi connectivity index (χ2v) is 5.36. The number of halogens is 2. The van der Waals surface area contributed by atoms with Crippen LogP contribution < -0.4 is 5.32 Å². The summed E-state index contributed by atoms with van der Waals surface area (Å²) in [6.45, 7) is 4.39. The van der Waals surface area contributed by atoms with Gasteiger partial charge in [0.2, 0.25) is 0 Å². The van der Waals surface area contributed by atoms with Crippen molar-refractivity contribution in [2.45, 2.75) is 26.0 Å². The normalized spacial score (nSPS) is 22.0. The molecule has 0 saturated carbocycles. The van der Waals surface area contributed by atoms with Gasteiger partial charge in [-0.15, -0.1) is 0 Å². The van der Waals surface area contributed by atoms with Crippen LogP contribution in [0.25, 0.3) is 0 Å². The van der Waals surface area contributed by atoms with Crippen molar-refractivity contribution in [3.05, 3.63) is 29.0 Å². The van der Waals surface area contributed by atoms with Gasteiger partial charge in [0.1, 0.15) is 5.82 Å². The Bertz CT molecular complexity index is 547. The molecule has 0 unspecified atom stereocenters. The summed E-state index contributed by atoms with van der Waals surface area (Å²) >= 11 is 5.70. The Morgan fingerprint density at radius 1 is 1.38 bits per heavy atom. The predicted octanol–water partition coefficient (Wildman–Crippen LogP) is 2.05. The highest BCUT2D eigenvalue weighted by Gasteiger charge is 2.32. The number of nitrogens with one attached hydrogen (secondary N) is 1. The lowest BCUT2D eigenvalue weighted by Crippen LogP contribution is -2.54. The van der Waals surface area contributed by atoms with Crippen molar-refractivity contribution in [3.63, 3.8) is 0 Å². The first-order chi connectivity index (χ1) is 9.88. The van der Waals surface area contributed by atoms with Crippen LogP contribution in [0.4, 0.5) is 10.1 Å². The second kappa shape index (κ2) is 6.41. The summed E-state index contributed by atoms with van der Waals surface area (Å²) < 4.78 is 18.6. The molecule has 1 fully saturated rings. The van der Waals surface area contributed by atoms with Crippen molar-refractivity contribution < 1.29 is 18.7 Å². The van der Waals surface area contributed by atoms with E-state index in [0.29, 0.717) is 13.2 Å². The van der Waals surface area contributed by atoms with E-state index in [0.717, 1.165) is 12.1 Å². The van der Waals surface area contributed by atoms with Crippen LogP contribution in [-0.4, -0.2) is 42.0 Å². The number of nitrogens with zero attached hydrogens (tertiary/aromatic N) is 1. The van der Waals surface area contributed by atoms with Gasteiger partial charge in [-0.1, -0.05) is 11.6 Å². The van der Waals surface area contributed by atoms with Gasteiger partial charge in [0.15, 0.2) is 0 Å². The average molecular weight is 315 g/mol. The molecule has 7 heteroatoms. The SMILES string of the molecule is C[C@@H]1OCCN(C(=O)C(=O)Nc2cc(F)cc(Cl)c2)[C@H]1C. The van der Waals surface area contributed by atoms with E-state index in [1.54, 1.807) is 0 Å². The third-order valence-corrected chi connectivity index (χ3v) is 3.68. The van der Waals surface area contributed by atoms with E-state index >= 15 is 0 Å². The van der Waals surface area contributed by atoms with Crippen molar-refractivity contribution in [3.8, 4) is 0 Å². The molecule has 0 aliphatic carbocycles. The van der Waals surface area contributed by atoms with Crippen molar-refractivity contribution in [2.75, 3.05) is 18.5 Å². The predicted molar refractivity (Wildman–Crippen MR) is 76.6 cm³/mol. The van der Waals surface area contributed by atoms with Crippen molar-refractivity contribution in [1.29, 1.82) is 0 Å². The highest BCUT2D eigenvalue weighted by molar-refractivity contribution is 6.39. The Morgan fingerprint density at radius 3 is 2.76 bits per heavy atom. The van der Waals surface area contributed by atoms with Crippen LogP contribution in [0, 0.1) is 5.82 Å². The van der Waals surface area contributed by atoms with Gasteiger partial charge in [-0.05, 0) is 32.0 Å². The number of amides is 2. The average Bonchev–Trinajstić information content (AvgIpc) is 2.40. The van der Waals surface area contributed by atoms with E-state index in [2.05, 4.69) is 5.32 Å². The third kappa shape index (κ3) is 3.71. The van der Waals surface area contributed by atoms with Gasteiger partial charge < -0.3 is 15.0 Å². The minimum Gasteiger partial charge on any atom is -0.375 e. The molecule has 2 rings (SSSR count). The molecule has 1 saturated heterocycles. The minimum absolute atomic E-state index is 0.140. The van der Waals surface area contributed by atoms with E-state index in [4.69, 9.17) is 16.3 Å². The highest BCUT2D eigenvalue weighted by Crippen LogP contribution is 2.19. The molecule has 1 N–H and O–H groups in total. The number of morpholine rings is 1. The fraction of sp³-hybridized carbons (Fsp3) is 0.429. The lowest BCUT2D eigenvalue weighted by atomic mass is 10.1. The summed E-state index contributed by atoms with van der Waals surface area (Å²) in [5.74, 6) is -2.07. The quantitative estimate of drug-likeness (QED) is 0.807. The van der Waals surface area contributed by atoms with Crippen LogP contribution in [0.5, 0.6) is 0 Å². The summed E-state index contributed by atoms with van der Waals surface area (Å²) in [7, 11) is 0. The molecule has 114 valence electrons. The Hall–Kier alpha value is -1.66. The van der Waals surface area contributed by atoms with Gasteiger partial charge >= 0.3 is 11.8 Å². The molecule has 0 radical (unpaired) electrons. The van der Waals surface area contributed by atoms with Crippen LogP contribution in [0.2, 0.25) is 5.02 Å². The number of carbonyl (C=O) groups excluding carboxylic acids is 2. The first-order valence-corrected chi connectivity index (χ1v) is 6.96. The van der Waals surface area contributed by atoms with Crippen LogP contribution in [0.1, 0.15) is 13.8 Å². The smallest absolute Gasteiger partial charge is 0.313 e. The molecule has 0 aromatic heterocycles. The second-order valence-electron chi connectivity index (χ2n) is 4.93. The third-order valence-electron chi connectivity index (χ3n) is 3.46. The molecule has 2 atom stereocenters. The maximum absolute atomic E-state index is 13.2.